The summed E-state index contributed by atoms with van der Waals surface area (Å²) in [5, 5.41) is 3.12. The number of sulfonamides is 1. The van der Waals surface area contributed by atoms with Crippen LogP contribution in [0.25, 0.3) is 0 Å². The molecule has 3 heterocycles. The Morgan fingerprint density at radius 2 is 1.70 bits per heavy atom. The lowest BCUT2D eigenvalue weighted by Gasteiger charge is -2.34. The van der Waals surface area contributed by atoms with E-state index in [2.05, 4.69) is 20.3 Å². The maximum Gasteiger partial charge on any atom is 0.218 e. The number of nitrogens with zero attached hydrogens (tertiary/aromatic N) is 5. The Hall–Kier alpha value is -3.11. The molecule has 1 aliphatic rings. The molecule has 1 N–H and O–H groups in total. The third-order valence-electron chi connectivity index (χ3n) is 4.83. The standard InChI is InChI=1S/C20H21FN6O2S/c21-17-6-2-1-5-16(17)14-30(28,29)27-11-9-26(10-12-27)20-13-19(23-15-24-20)25-18-7-3-4-8-22-18/h1-8,13,15H,9-12,14H2,(H,22,23,24,25). The number of benzene rings is 1. The summed E-state index contributed by atoms with van der Waals surface area (Å²) in [6, 6.07) is 13.3. The second-order valence-corrected chi connectivity index (χ2v) is 8.80. The molecule has 8 nitrogen and oxygen atoms in total. The minimum atomic E-state index is -3.60. The van der Waals surface area contributed by atoms with Crippen molar-refractivity contribution in [3.05, 3.63) is 72.4 Å². The summed E-state index contributed by atoms with van der Waals surface area (Å²) in [6.45, 7) is 1.58. The highest BCUT2D eigenvalue weighted by Gasteiger charge is 2.28. The molecule has 0 radical (unpaired) electrons. The van der Waals surface area contributed by atoms with Gasteiger partial charge in [-0.1, -0.05) is 24.3 Å². The Morgan fingerprint density at radius 1 is 0.933 bits per heavy atom. The monoisotopic (exact) mass is 428 g/mol. The molecule has 1 aliphatic heterocycles. The second kappa shape index (κ2) is 8.72. The van der Waals surface area contributed by atoms with Gasteiger partial charge in [-0.2, -0.15) is 4.31 Å². The number of rotatable bonds is 6. The van der Waals surface area contributed by atoms with Crippen LogP contribution < -0.4 is 10.2 Å². The van der Waals surface area contributed by atoms with Crippen LogP contribution in [0.2, 0.25) is 0 Å². The van der Waals surface area contributed by atoms with Gasteiger partial charge in [0.25, 0.3) is 0 Å². The number of nitrogens with one attached hydrogen (secondary N) is 1. The molecule has 0 spiro atoms. The van der Waals surface area contributed by atoms with E-state index in [4.69, 9.17) is 0 Å². The van der Waals surface area contributed by atoms with Crippen molar-refractivity contribution in [2.45, 2.75) is 5.75 Å². The molecular formula is C20H21FN6O2S. The SMILES string of the molecule is O=S(=O)(Cc1ccccc1F)N1CCN(c2cc(Nc3ccccn3)ncn2)CC1. The van der Waals surface area contributed by atoms with Crippen LogP contribution in [0.3, 0.4) is 0 Å². The van der Waals surface area contributed by atoms with E-state index in [1.807, 2.05) is 23.1 Å². The van der Waals surface area contributed by atoms with Gasteiger partial charge in [0, 0.05) is 44.0 Å². The van der Waals surface area contributed by atoms with Crippen LogP contribution in [-0.4, -0.2) is 53.9 Å². The molecule has 0 amide bonds. The van der Waals surface area contributed by atoms with E-state index in [1.54, 1.807) is 24.4 Å². The summed E-state index contributed by atoms with van der Waals surface area (Å²) < 4.78 is 40.7. The Labute approximate surface area is 174 Å². The molecule has 30 heavy (non-hydrogen) atoms. The highest BCUT2D eigenvalue weighted by molar-refractivity contribution is 7.88. The number of halogens is 1. The Morgan fingerprint density at radius 3 is 2.43 bits per heavy atom. The molecule has 0 bridgehead atoms. The van der Waals surface area contributed by atoms with E-state index in [0.29, 0.717) is 43.6 Å². The lowest BCUT2D eigenvalue weighted by atomic mass is 10.2. The molecule has 1 fully saturated rings. The van der Waals surface area contributed by atoms with Gasteiger partial charge < -0.3 is 10.2 Å². The number of hydrogen-bond acceptors (Lipinski definition) is 7. The predicted molar refractivity (Wildman–Crippen MR) is 112 cm³/mol. The van der Waals surface area contributed by atoms with E-state index < -0.39 is 15.8 Å². The average Bonchev–Trinajstić information content (AvgIpc) is 2.76. The zero-order valence-electron chi connectivity index (χ0n) is 16.1. The summed E-state index contributed by atoms with van der Waals surface area (Å²) >= 11 is 0. The van der Waals surface area contributed by atoms with Crippen LogP contribution in [0.4, 0.5) is 21.8 Å². The first kappa shape index (κ1) is 20.2. The topological polar surface area (TPSA) is 91.3 Å². The number of piperazine rings is 1. The highest BCUT2D eigenvalue weighted by atomic mass is 32.2. The first-order valence-corrected chi connectivity index (χ1v) is 11.1. The molecule has 4 rings (SSSR count). The van der Waals surface area contributed by atoms with Crippen LogP contribution in [-0.2, 0) is 15.8 Å². The smallest absolute Gasteiger partial charge is 0.218 e. The maximum atomic E-state index is 13.8. The zero-order chi connectivity index (χ0) is 21.0. The zero-order valence-corrected chi connectivity index (χ0v) is 17.0. The van der Waals surface area contributed by atoms with Crippen LogP contribution >= 0.6 is 0 Å². The lowest BCUT2D eigenvalue weighted by Crippen LogP contribution is -2.49. The Balaban J connectivity index is 1.40. The molecule has 1 aromatic carbocycles. The van der Waals surface area contributed by atoms with Gasteiger partial charge in [0.15, 0.2) is 0 Å². The molecule has 156 valence electrons. The molecule has 10 heteroatoms. The van der Waals surface area contributed by atoms with Gasteiger partial charge in [-0.3, -0.25) is 0 Å². The van der Waals surface area contributed by atoms with E-state index in [0.717, 1.165) is 0 Å². The van der Waals surface area contributed by atoms with Gasteiger partial charge in [-0.15, -0.1) is 0 Å². The van der Waals surface area contributed by atoms with Crippen molar-refractivity contribution < 1.29 is 12.8 Å². The second-order valence-electron chi connectivity index (χ2n) is 6.84. The molecule has 0 saturated carbocycles. The summed E-state index contributed by atoms with van der Waals surface area (Å²) in [6.07, 6.45) is 3.15. The Kier molecular flexibility index (Phi) is 5.86. The molecule has 0 unspecified atom stereocenters. The van der Waals surface area contributed by atoms with Crippen molar-refractivity contribution in [3.8, 4) is 0 Å². The molecule has 2 aromatic heterocycles. The molecule has 3 aromatic rings. The van der Waals surface area contributed by atoms with Crippen LogP contribution in [0.1, 0.15) is 5.56 Å². The fraction of sp³-hybridized carbons (Fsp3) is 0.250. The summed E-state index contributed by atoms with van der Waals surface area (Å²) in [4.78, 5) is 14.7. The quantitative estimate of drug-likeness (QED) is 0.645. The van der Waals surface area contributed by atoms with Crippen LogP contribution in [0, 0.1) is 5.82 Å². The van der Waals surface area contributed by atoms with E-state index in [-0.39, 0.29) is 11.3 Å². The predicted octanol–water partition coefficient (Wildman–Crippen LogP) is 2.41. The van der Waals surface area contributed by atoms with Gasteiger partial charge in [0.2, 0.25) is 10.0 Å². The molecular weight excluding hydrogens is 407 g/mol. The third-order valence-corrected chi connectivity index (χ3v) is 6.65. The number of aromatic nitrogens is 3. The van der Waals surface area contributed by atoms with Crippen LogP contribution in [0.5, 0.6) is 0 Å². The molecule has 0 atom stereocenters. The molecule has 1 saturated heterocycles. The molecule has 0 aliphatic carbocycles. The highest BCUT2D eigenvalue weighted by Crippen LogP contribution is 2.21. The first-order chi connectivity index (χ1) is 14.5. The van der Waals surface area contributed by atoms with Gasteiger partial charge >= 0.3 is 0 Å². The van der Waals surface area contributed by atoms with Gasteiger partial charge in [0.05, 0.1) is 5.75 Å². The average molecular weight is 428 g/mol. The van der Waals surface area contributed by atoms with E-state index in [9.17, 15) is 12.8 Å². The third kappa shape index (κ3) is 4.71. The Bertz CT molecular complexity index is 1110. The van der Waals surface area contributed by atoms with Crippen LogP contribution in [0.15, 0.2) is 61.1 Å². The number of hydrogen-bond donors (Lipinski definition) is 1. The minimum Gasteiger partial charge on any atom is -0.354 e. The van der Waals surface area contributed by atoms with Crippen molar-refractivity contribution in [1.29, 1.82) is 0 Å². The van der Waals surface area contributed by atoms with Crippen molar-refractivity contribution in [3.63, 3.8) is 0 Å². The van der Waals surface area contributed by atoms with E-state index >= 15 is 0 Å². The van der Waals surface area contributed by atoms with Gasteiger partial charge in [0.1, 0.15) is 29.6 Å². The van der Waals surface area contributed by atoms with E-state index in [1.165, 1.54) is 22.8 Å². The fourth-order valence-corrected chi connectivity index (χ4v) is 4.78. The minimum absolute atomic E-state index is 0.181. The van der Waals surface area contributed by atoms with Crippen molar-refractivity contribution >= 4 is 27.5 Å². The van der Waals surface area contributed by atoms with Crippen molar-refractivity contribution in [2.75, 3.05) is 36.4 Å². The number of anilines is 3. The van der Waals surface area contributed by atoms with Gasteiger partial charge in [-0.25, -0.2) is 27.8 Å². The maximum absolute atomic E-state index is 13.8. The first-order valence-electron chi connectivity index (χ1n) is 9.47. The van der Waals surface area contributed by atoms with Gasteiger partial charge in [-0.05, 0) is 18.2 Å². The summed E-state index contributed by atoms with van der Waals surface area (Å²) in [5.41, 5.74) is 0.181. The lowest BCUT2D eigenvalue weighted by molar-refractivity contribution is 0.383. The largest absolute Gasteiger partial charge is 0.354 e. The van der Waals surface area contributed by atoms with Crippen molar-refractivity contribution in [2.24, 2.45) is 0 Å². The summed E-state index contributed by atoms with van der Waals surface area (Å²) in [7, 11) is -3.60. The van der Waals surface area contributed by atoms with Crippen molar-refractivity contribution in [1.82, 2.24) is 19.3 Å². The fourth-order valence-electron chi connectivity index (χ4n) is 3.25. The normalized spacial score (nSPS) is 15.2. The summed E-state index contributed by atoms with van der Waals surface area (Å²) in [5.74, 6) is 1.13. The number of pyridine rings is 1.